The molecule has 0 atom stereocenters. The molecule has 0 radical (unpaired) electrons. The van der Waals surface area contributed by atoms with Gasteiger partial charge in [0.25, 0.3) is 0 Å². The second kappa shape index (κ2) is 10.4. The lowest BCUT2D eigenvalue weighted by Crippen LogP contribution is -2.29. The van der Waals surface area contributed by atoms with Crippen LogP contribution in [0.2, 0.25) is 0 Å². The summed E-state index contributed by atoms with van der Waals surface area (Å²) in [5, 5.41) is 7.14. The van der Waals surface area contributed by atoms with Crippen LogP contribution >= 0.6 is 0 Å². The Hall–Kier alpha value is -3.91. The Kier molecular flexibility index (Phi) is 7.08. The molecule has 34 heavy (non-hydrogen) atoms. The molecule has 0 saturated heterocycles. The third-order valence-corrected chi connectivity index (χ3v) is 5.61. The van der Waals surface area contributed by atoms with Crippen LogP contribution in [0.4, 0.5) is 17.2 Å². The quantitative estimate of drug-likeness (QED) is 0.388. The van der Waals surface area contributed by atoms with E-state index in [9.17, 15) is 4.79 Å². The highest BCUT2D eigenvalue weighted by Gasteiger charge is 2.10. The number of hydrogen-bond donors (Lipinski definition) is 2. The molecular formula is C26H30N6O2. The van der Waals surface area contributed by atoms with Crippen molar-refractivity contribution in [2.45, 2.75) is 6.92 Å². The summed E-state index contributed by atoms with van der Waals surface area (Å²) < 4.78 is 5.30. The van der Waals surface area contributed by atoms with Gasteiger partial charge in [-0.15, -0.1) is 0 Å². The number of pyridine rings is 1. The second-order valence-electron chi connectivity index (χ2n) is 8.60. The first-order valence-corrected chi connectivity index (χ1v) is 11.2. The number of anilines is 3. The number of hydrogen-bond acceptors (Lipinski definition) is 7. The summed E-state index contributed by atoms with van der Waals surface area (Å²) in [5.41, 5.74) is 4.56. The van der Waals surface area contributed by atoms with Crippen molar-refractivity contribution in [2.75, 3.05) is 56.3 Å². The van der Waals surface area contributed by atoms with Gasteiger partial charge < -0.3 is 24.9 Å². The molecule has 1 amide bonds. The summed E-state index contributed by atoms with van der Waals surface area (Å²) in [7, 11) is 6.18. The predicted molar refractivity (Wildman–Crippen MR) is 137 cm³/mol. The summed E-state index contributed by atoms with van der Waals surface area (Å²) in [6.07, 6.45) is 3.07. The largest absolute Gasteiger partial charge is 0.444 e. The fraction of sp³-hybridized carbons (Fsp3) is 0.269. The summed E-state index contributed by atoms with van der Waals surface area (Å²) in [5.74, 6) is 1.53. The van der Waals surface area contributed by atoms with E-state index in [4.69, 9.17) is 9.40 Å². The van der Waals surface area contributed by atoms with Gasteiger partial charge in [-0.05, 0) is 75.1 Å². The molecule has 2 heterocycles. The molecule has 0 saturated carbocycles. The van der Waals surface area contributed by atoms with E-state index in [0.29, 0.717) is 5.76 Å². The first-order chi connectivity index (χ1) is 16.4. The summed E-state index contributed by atoms with van der Waals surface area (Å²) in [4.78, 5) is 25.6. The fourth-order valence-electron chi connectivity index (χ4n) is 3.61. The van der Waals surface area contributed by atoms with Crippen molar-refractivity contribution in [1.82, 2.24) is 14.9 Å². The summed E-state index contributed by atoms with van der Waals surface area (Å²) in [6, 6.07) is 15.6. The van der Waals surface area contributed by atoms with E-state index in [-0.39, 0.29) is 12.5 Å². The number of carbonyl (C=O) groups is 1. The number of nitrogens with one attached hydrogen (secondary N) is 2. The monoisotopic (exact) mass is 458 g/mol. The van der Waals surface area contributed by atoms with E-state index in [1.807, 2.05) is 42.5 Å². The minimum atomic E-state index is -0.121. The van der Waals surface area contributed by atoms with Gasteiger partial charge in [0.2, 0.25) is 5.91 Å². The third kappa shape index (κ3) is 5.71. The van der Waals surface area contributed by atoms with Crippen molar-refractivity contribution in [3.05, 3.63) is 66.7 Å². The topological polar surface area (TPSA) is 86.5 Å². The zero-order valence-corrected chi connectivity index (χ0v) is 20.0. The van der Waals surface area contributed by atoms with Gasteiger partial charge in [0.05, 0.1) is 18.3 Å². The highest BCUT2D eigenvalue weighted by Crippen LogP contribution is 2.25. The van der Waals surface area contributed by atoms with Gasteiger partial charge in [0.1, 0.15) is 5.82 Å². The summed E-state index contributed by atoms with van der Waals surface area (Å²) >= 11 is 0. The van der Waals surface area contributed by atoms with Gasteiger partial charge in [-0.3, -0.25) is 4.79 Å². The number of oxazole rings is 1. The molecule has 4 rings (SSSR count). The van der Waals surface area contributed by atoms with Crippen LogP contribution in [0, 0.1) is 6.92 Å². The van der Waals surface area contributed by atoms with Crippen LogP contribution in [-0.4, -0.2) is 61.6 Å². The van der Waals surface area contributed by atoms with Crippen LogP contribution in [-0.2, 0) is 4.79 Å². The molecule has 0 aliphatic rings. The number of aryl methyl sites for hydroxylation is 1. The number of likely N-dealkylation sites (N-methyl/N-ethyl adjacent to an activating group) is 2. The Balaban J connectivity index is 1.37. The lowest BCUT2D eigenvalue weighted by molar-refractivity contribution is -0.114. The van der Waals surface area contributed by atoms with E-state index >= 15 is 0 Å². The number of rotatable bonds is 9. The number of fused-ring (bicyclic) bond motifs is 1. The third-order valence-electron chi connectivity index (χ3n) is 5.61. The molecule has 0 bridgehead atoms. The van der Waals surface area contributed by atoms with Gasteiger partial charge in [-0.1, -0.05) is 0 Å². The van der Waals surface area contributed by atoms with E-state index in [1.165, 1.54) is 6.39 Å². The van der Waals surface area contributed by atoms with Crippen LogP contribution in [0.3, 0.4) is 0 Å². The Morgan fingerprint density at radius 3 is 2.47 bits per heavy atom. The van der Waals surface area contributed by atoms with Crippen molar-refractivity contribution in [2.24, 2.45) is 0 Å². The van der Waals surface area contributed by atoms with Crippen molar-refractivity contribution in [3.8, 4) is 11.3 Å². The van der Waals surface area contributed by atoms with Gasteiger partial charge in [-0.25, -0.2) is 9.97 Å². The molecule has 0 fully saturated rings. The summed E-state index contributed by atoms with van der Waals surface area (Å²) in [6.45, 7) is 4.09. The van der Waals surface area contributed by atoms with Crippen LogP contribution in [0.5, 0.6) is 0 Å². The standard InChI is InChI=1S/C26H30N6O2/c1-18-13-25(32(4)12-11-31(2)3)30-23-10-9-21(14-22(18)23)29-26(33)16-28-20-7-5-19(6-8-20)24-15-27-17-34-24/h5-10,13-15,17,28H,11-12,16H2,1-4H3,(H,29,33). The van der Waals surface area contributed by atoms with Crippen molar-refractivity contribution >= 4 is 34.0 Å². The van der Waals surface area contributed by atoms with Gasteiger partial charge in [-0.2, -0.15) is 0 Å². The first kappa shape index (κ1) is 23.3. The van der Waals surface area contributed by atoms with E-state index in [2.05, 4.69) is 59.6 Å². The highest BCUT2D eigenvalue weighted by atomic mass is 16.3. The minimum absolute atomic E-state index is 0.121. The van der Waals surface area contributed by atoms with Crippen LogP contribution in [0.15, 0.2) is 65.5 Å². The maximum absolute atomic E-state index is 12.5. The number of nitrogens with zero attached hydrogens (tertiary/aromatic N) is 4. The van der Waals surface area contributed by atoms with Crippen molar-refractivity contribution in [1.29, 1.82) is 0 Å². The molecule has 2 aromatic carbocycles. The van der Waals surface area contributed by atoms with E-state index in [0.717, 1.165) is 52.3 Å². The van der Waals surface area contributed by atoms with E-state index < -0.39 is 0 Å². The number of carbonyl (C=O) groups excluding carboxylic acids is 1. The molecule has 176 valence electrons. The minimum Gasteiger partial charge on any atom is -0.444 e. The van der Waals surface area contributed by atoms with Gasteiger partial charge in [0.15, 0.2) is 12.2 Å². The average Bonchev–Trinajstić information content (AvgIpc) is 3.37. The zero-order chi connectivity index (χ0) is 24.1. The normalized spacial score (nSPS) is 11.1. The Morgan fingerprint density at radius 1 is 1.00 bits per heavy atom. The van der Waals surface area contributed by atoms with Gasteiger partial charge in [0, 0.05) is 42.5 Å². The van der Waals surface area contributed by atoms with Crippen molar-refractivity contribution < 1.29 is 9.21 Å². The molecule has 8 heteroatoms. The molecule has 0 aliphatic carbocycles. The molecule has 2 N–H and O–H groups in total. The maximum Gasteiger partial charge on any atom is 0.243 e. The predicted octanol–water partition coefficient (Wildman–Crippen LogP) is 4.25. The fourth-order valence-corrected chi connectivity index (χ4v) is 3.61. The molecule has 2 aromatic heterocycles. The SMILES string of the molecule is Cc1cc(N(C)CCN(C)C)nc2ccc(NC(=O)CNc3ccc(-c4cnco4)cc3)cc12. The van der Waals surface area contributed by atoms with Crippen LogP contribution < -0.4 is 15.5 Å². The molecule has 0 spiro atoms. The maximum atomic E-state index is 12.5. The molecular weight excluding hydrogens is 428 g/mol. The average molecular weight is 459 g/mol. The van der Waals surface area contributed by atoms with E-state index in [1.54, 1.807) is 6.20 Å². The van der Waals surface area contributed by atoms with Crippen molar-refractivity contribution in [3.63, 3.8) is 0 Å². The van der Waals surface area contributed by atoms with Gasteiger partial charge >= 0.3 is 0 Å². The van der Waals surface area contributed by atoms with Crippen LogP contribution in [0.25, 0.3) is 22.2 Å². The Bertz CT molecular complexity index is 1250. The lowest BCUT2D eigenvalue weighted by Gasteiger charge is -2.21. The highest BCUT2D eigenvalue weighted by molar-refractivity contribution is 5.96. The first-order valence-electron chi connectivity index (χ1n) is 11.2. The molecule has 8 nitrogen and oxygen atoms in total. The molecule has 0 unspecified atom stereocenters. The Labute approximate surface area is 199 Å². The number of aromatic nitrogens is 2. The number of benzene rings is 2. The number of amides is 1. The molecule has 4 aromatic rings. The van der Waals surface area contributed by atoms with Crippen LogP contribution in [0.1, 0.15) is 5.56 Å². The second-order valence-corrected chi connectivity index (χ2v) is 8.60. The zero-order valence-electron chi connectivity index (χ0n) is 20.0. The molecule has 0 aliphatic heterocycles. The Morgan fingerprint density at radius 2 is 1.76 bits per heavy atom. The lowest BCUT2D eigenvalue weighted by atomic mass is 10.1. The smallest absolute Gasteiger partial charge is 0.243 e.